The average molecular weight is 339 g/mol. The molecule has 0 amide bonds. The predicted octanol–water partition coefficient (Wildman–Crippen LogP) is 5.15. The number of hydrogen-bond acceptors (Lipinski definition) is 3. The molecule has 23 heavy (non-hydrogen) atoms. The van der Waals surface area contributed by atoms with Crippen LogP contribution in [0.15, 0.2) is 30.3 Å². The van der Waals surface area contributed by atoms with Gasteiger partial charge in [-0.15, -0.1) is 0 Å². The molecule has 3 nitrogen and oxygen atoms in total. The Bertz CT molecular complexity index is 433. The lowest BCUT2D eigenvalue weighted by atomic mass is 10.0. The first-order valence-corrected chi connectivity index (χ1v) is 10.7. The summed E-state index contributed by atoms with van der Waals surface area (Å²) in [6.07, 6.45) is 2.20. The van der Waals surface area contributed by atoms with Crippen LogP contribution in [0.4, 0.5) is 0 Å². The van der Waals surface area contributed by atoms with Gasteiger partial charge in [-0.25, -0.2) is 0 Å². The molecule has 0 heterocycles. The van der Waals surface area contributed by atoms with Gasteiger partial charge in [0, 0.05) is 18.3 Å². The molecule has 0 aliphatic carbocycles. The topological polar surface area (TPSA) is 27.7 Å². The van der Waals surface area contributed by atoms with E-state index < -0.39 is 8.80 Å². The normalized spacial score (nSPS) is 13.1. The summed E-state index contributed by atoms with van der Waals surface area (Å²) in [7, 11) is -2.84. The summed E-state index contributed by atoms with van der Waals surface area (Å²) in [5, 5.41) is 0. The van der Waals surface area contributed by atoms with E-state index in [2.05, 4.69) is 45.0 Å². The number of hydrogen-bond donors (Lipinski definition) is 0. The van der Waals surface area contributed by atoms with Crippen molar-refractivity contribution < 1.29 is 13.3 Å². The molecule has 0 unspecified atom stereocenters. The van der Waals surface area contributed by atoms with E-state index in [0.29, 0.717) is 6.04 Å². The van der Waals surface area contributed by atoms with Crippen molar-refractivity contribution in [3.63, 3.8) is 0 Å². The van der Waals surface area contributed by atoms with Crippen LogP contribution in [0.25, 0.3) is 0 Å². The number of benzene rings is 1. The molecule has 0 radical (unpaired) electrons. The Morgan fingerprint density at radius 1 is 0.957 bits per heavy atom. The number of rotatable bonds is 10. The van der Waals surface area contributed by atoms with E-state index in [1.165, 1.54) is 5.56 Å². The molecule has 0 N–H and O–H groups in total. The van der Waals surface area contributed by atoms with E-state index in [1.807, 2.05) is 33.8 Å². The fraction of sp³-hybridized carbons (Fsp3) is 0.684. The van der Waals surface area contributed by atoms with E-state index in [9.17, 15) is 0 Å². The van der Waals surface area contributed by atoms with Crippen molar-refractivity contribution in [1.29, 1.82) is 0 Å². The van der Waals surface area contributed by atoms with Gasteiger partial charge in [-0.05, 0) is 53.5 Å². The van der Waals surface area contributed by atoms with Gasteiger partial charge in [0.25, 0.3) is 0 Å². The van der Waals surface area contributed by atoms with Gasteiger partial charge in [-0.1, -0.05) is 43.7 Å². The minimum absolute atomic E-state index is 0.0709. The van der Waals surface area contributed by atoms with Crippen LogP contribution in [0.2, 0.25) is 0 Å². The monoisotopic (exact) mass is 338 g/mol. The fourth-order valence-electron chi connectivity index (χ4n) is 2.83. The van der Waals surface area contributed by atoms with Crippen LogP contribution in [0, 0.1) is 0 Å². The van der Waals surface area contributed by atoms with Crippen LogP contribution < -0.4 is 0 Å². The molecular weight excluding hydrogens is 304 g/mol. The van der Waals surface area contributed by atoms with E-state index in [0.717, 1.165) is 12.8 Å². The van der Waals surface area contributed by atoms with Gasteiger partial charge < -0.3 is 13.3 Å². The summed E-state index contributed by atoms with van der Waals surface area (Å²) in [5.41, 5.74) is 0.951. The molecule has 0 bridgehead atoms. The summed E-state index contributed by atoms with van der Waals surface area (Å²) in [6, 6.07) is 11.1. The Morgan fingerprint density at radius 2 is 1.48 bits per heavy atom. The summed E-state index contributed by atoms with van der Waals surface area (Å²) >= 11 is 0. The van der Waals surface area contributed by atoms with Gasteiger partial charge in [0.15, 0.2) is 0 Å². The van der Waals surface area contributed by atoms with Gasteiger partial charge in [0.05, 0.1) is 5.60 Å². The Balaban J connectivity index is 3.12. The van der Waals surface area contributed by atoms with Crippen LogP contribution >= 0.6 is 0 Å². The zero-order valence-electron chi connectivity index (χ0n) is 15.9. The largest absolute Gasteiger partial charge is 0.506 e. The Labute approximate surface area is 143 Å². The molecule has 132 valence electrons. The SMILES string of the molecule is CCCC(C)(C)O[Si](Cc1ccccc1)(OC(C)C)OC(C)C. The van der Waals surface area contributed by atoms with Gasteiger partial charge in [0.1, 0.15) is 0 Å². The molecule has 0 atom stereocenters. The van der Waals surface area contributed by atoms with Gasteiger partial charge in [-0.2, -0.15) is 0 Å². The second-order valence-corrected chi connectivity index (χ2v) is 9.69. The van der Waals surface area contributed by atoms with Crippen molar-refractivity contribution in [2.75, 3.05) is 0 Å². The van der Waals surface area contributed by atoms with Gasteiger partial charge in [-0.3, -0.25) is 0 Å². The molecule has 1 aromatic rings. The molecule has 0 fully saturated rings. The highest BCUT2D eigenvalue weighted by Crippen LogP contribution is 2.28. The standard InChI is InChI=1S/C19H34O3Si/c1-8-14-19(6,7)22-23(20-16(2)3,21-17(4)5)15-18-12-10-9-11-13-18/h9-13,16-17H,8,14-15H2,1-7H3. The van der Waals surface area contributed by atoms with Crippen molar-refractivity contribution in [2.45, 2.75) is 85.2 Å². The summed E-state index contributed by atoms with van der Waals surface area (Å²) in [5.74, 6) is 0. The first kappa shape index (κ1) is 20.4. The highest BCUT2D eigenvalue weighted by atomic mass is 28.4. The summed E-state index contributed by atoms with van der Waals surface area (Å²) < 4.78 is 19.2. The second kappa shape index (κ2) is 8.97. The molecule has 0 aliphatic heterocycles. The van der Waals surface area contributed by atoms with Gasteiger partial charge in [0.2, 0.25) is 0 Å². The van der Waals surface area contributed by atoms with Crippen LogP contribution in [0.5, 0.6) is 0 Å². The average Bonchev–Trinajstić information content (AvgIpc) is 2.36. The molecular formula is C19H34O3Si. The first-order valence-electron chi connectivity index (χ1n) is 8.78. The summed E-state index contributed by atoms with van der Waals surface area (Å²) in [4.78, 5) is 0. The van der Waals surface area contributed by atoms with Crippen LogP contribution in [0.3, 0.4) is 0 Å². The van der Waals surface area contributed by atoms with Crippen molar-refractivity contribution in [1.82, 2.24) is 0 Å². The van der Waals surface area contributed by atoms with Crippen molar-refractivity contribution >= 4 is 8.80 Å². The third-order valence-electron chi connectivity index (χ3n) is 3.38. The lowest BCUT2D eigenvalue weighted by molar-refractivity contribution is -0.0411. The molecule has 0 aliphatic rings. The smallest absolute Gasteiger partial charge is 0.371 e. The lowest BCUT2D eigenvalue weighted by Gasteiger charge is -2.39. The Morgan fingerprint density at radius 3 is 1.91 bits per heavy atom. The molecule has 4 heteroatoms. The molecule has 0 spiro atoms. The molecule has 1 aromatic carbocycles. The van der Waals surface area contributed by atoms with Crippen LogP contribution in [-0.2, 0) is 19.3 Å². The van der Waals surface area contributed by atoms with Crippen LogP contribution in [0.1, 0.15) is 66.9 Å². The maximum Gasteiger partial charge on any atom is 0.506 e. The highest BCUT2D eigenvalue weighted by molar-refractivity contribution is 6.60. The van der Waals surface area contributed by atoms with Crippen LogP contribution in [-0.4, -0.2) is 26.6 Å². The Hall–Kier alpha value is -0.683. The predicted molar refractivity (Wildman–Crippen MR) is 98.4 cm³/mol. The van der Waals surface area contributed by atoms with E-state index in [1.54, 1.807) is 0 Å². The molecule has 0 saturated heterocycles. The highest BCUT2D eigenvalue weighted by Gasteiger charge is 2.47. The zero-order chi connectivity index (χ0) is 17.5. The van der Waals surface area contributed by atoms with E-state index >= 15 is 0 Å². The minimum atomic E-state index is -2.84. The molecule has 1 rings (SSSR count). The molecule has 0 aromatic heterocycles. The first-order chi connectivity index (χ1) is 10.7. The lowest BCUT2D eigenvalue weighted by Crippen LogP contribution is -2.55. The van der Waals surface area contributed by atoms with E-state index in [-0.39, 0.29) is 17.8 Å². The minimum Gasteiger partial charge on any atom is -0.371 e. The van der Waals surface area contributed by atoms with Crippen molar-refractivity contribution in [2.24, 2.45) is 0 Å². The molecule has 0 saturated carbocycles. The Kier molecular flexibility index (Phi) is 7.94. The van der Waals surface area contributed by atoms with Gasteiger partial charge >= 0.3 is 8.80 Å². The maximum atomic E-state index is 6.59. The van der Waals surface area contributed by atoms with E-state index in [4.69, 9.17) is 13.3 Å². The fourth-order valence-corrected chi connectivity index (χ4v) is 6.34. The maximum absolute atomic E-state index is 6.59. The third kappa shape index (κ3) is 7.62. The quantitative estimate of drug-likeness (QED) is 0.552. The second-order valence-electron chi connectivity index (χ2n) is 7.29. The summed E-state index contributed by atoms with van der Waals surface area (Å²) in [6.45, 7) is 14.6. The van der Waals surface area contributed by atoms with Crippen molar-refractivity contribution in [3.8, 4) is 0 Å². The van der Waals surface area contributed by atoms with Crippen molar-refractivity contribution in [3.05, 3.63) is 35.9 Å². The third-order valence-corrected chi connectivity index (χ3v) is 6.74. The zero-order valence-corrected chi connectivity index (χ0v) is 16.9.